The molecule has 31 heavy (non-hydrogen) atoms. The minimum atomic E-state index is -0.515. The predicted octanol–water partition coefficient (Wildman–Crippen LogP) is 0.0828. The van der Waals surface area contributed by atoms with E-state index in [4.69, 9.17) is 4.74 Å². The number of urea groups is 1. The molecule has 0 saturated carbocycles. The highest BCUT2D eigenvalue weighted by Gasteiger charge is 2.26. The topological polar surface area (TPSA) is 76.3 Å². The molecular formula is C23H31FN4O3+2. The molecule has 0 aliphatic carbocycles. The Bertz CT molecular complexity index is 942. The van der Waals surface area contributed by atoms with Crippen molar-refractivity contribution < 1.29 is 28.5 Å². The van der Waals surface area contributed by atoms with Crippen LogP contribution in [-0.4, -0.2) is 51.8 Å². The first-order valence-corrected chi connectivity index (χ1v) is 10.5. The fourth-order valence-electron chi connectivity index (χ4n) is 3.97. The summed E-state index contributed by atoms with van der Waals surface area (Å²) in [6.45, 7) is 8.15. The number of hydrogen-bond acceptors (Lipinski definition) is 3. The second-order valence-electron chi connectivity index (χ2n) is 8.13. The summed E-state index contributed by atoms with van der Waals surface area (Å²) < 4.78 is 18.9. The number of ether oxygens (including phenoxy) is 1. The van der Waals surface area contributed by atoms with Crippen LogP contribution in [-0.2, 0) is 11.3 Å². The Hall–Kier alpha value is -2.97. The van der Waals surface area contributed by atoms with Gasteiger partial charge in [0.25, 0.3) is 5.91 Å². The fraction of sp³-hybridized carbons (Fsp3) is 0.391. The van der Waals surface area contributed by atoms with E-state index in [0.29, 0.717) is 18.0 Å². The third-order valence-electron chi connectivity index (χ3n) is 5.64. The van der Waals surface area contributed by atoms with E-state index in [0.717, 1.165) is 47.8 Å². The van der Waals surface area contributed by atoms with E-state index in [2.05, 4.69) is 10.6 Å². The summed E-state index contributed by atoms with van der Waals surface area (Å²) in [6, 6.07) is 9.77. The number of methoxy groups -OCH3 is 1. The fourth-order valence-corrected chi connectivity index (χ4v) is 3.97. The van der Waals surface area contributed by atoms with Crippen LogP contribution >= 0.6 is 0 Å². The van der Waals surface area contributed by atoms with Gasteiger partial charge in [-0.1, -0.05) is 17.7 Å². The van der Waals surface area contributed by atoms with Gasteiger partial charge in [-0.15, -0.1) is 0 Å². The summed E-state index contributed by atoms with van der Waals surface area (Å²) in [5, 5.41) is 5.14. The van der Waals surface area contributed by atoms with E-state index in [-0.39, 0.29) is 18.3 Å². The molecule has 1 aliphatic rings. The lowest BCUT2D eigenvalue weighted by Crippen LogP contribution is -3.28. The zero-order valence-corrected chi connectivity index (χ0v) is 18.3. The van der Waals surface area contributed by atoms with Gasteiger partial charge in [-0.25, -0.2) is 9.18 Å². The Morgan fingerprint density at radius 1 is 1.03 bits per heavy atom. The number of quaternary nitrogens is 2. The molecule has 3 amide bonds. The molecule has 4 N–H and O–H groups in total. The van der Waals surface area contributed by atoms with Gasteiger partial charge in [0.05, 0.1) is 12.7 Å². The van der Waals surface area contributed by atoms with Crippen LogP contribution in [0.5, 0.6) is 5.75 Å². The first-order valence-electron chi connectivity index (χ1n) is 10.5. The van der Waals surface area contributed by atoms with Gasteiger partial charge in [0.2, 0.25) is 0 Å². The number of anilines is 1. The number of nitrogens with one attached hydrogen (secondary N) is 4. The summed E-state index contributed by atoms with van der Waals surface area (Å²) in [7, 11) is 1.59. The smallest absolute Gasteiger partial charge is 0.326 e. The molecule has 0 atom stereocenters. The lowest BCUT2D eigenvalue weighted by atomic mass is 10.1. The van der Waals surface area contributed by atoms with Gasteiger partial charge in [0, 0.05) is 5.69 Å². The van der Waals surface area contributed by atoms with Crippen LogP contribution in [0.25, 0.3) is 0 Å². The molecule has 0 radical (unpaired) electrons. The summed E-state index contributed by atoms with van der Waals surface area (Å²) in [6.07, 6.45) is 0. The lowest BCUT2D eigenvalue weighted by molar-refractivity contribution is -1.02. The Morgan fingerprint density at radius 2 is 1.74 bits per heavy atom. The molecular weight excluding hydrogens is 399 g/mol. The zero-order valence-electron chi connectivity index (χ0n) is 18.3. The minimum Gasteiger partial charge on any atom is -0.496 e. The van der Waals surface area contributed by atoms with Gasteiger partial charge in [0.15, 0.2) is 6.54 Å². The van der Waals surface area contributed by atoms with Crippen LogP contribution in [0.15, 0.2) is 36.4 Å². The minimum absolute atomic E-state index is 0.247. The number of hydrogen-bond donors (Lipinski definition) is 4. The second kappa shape index (κ2) is 10.4. The first-order chi connectivity index (χ1) is 14.8. The lowest BCUT2D eigenvalue weighted by Gasteiger charge is -2.29. The predicted molar refractivity (Wildman–Crippen MR) is 116 cm³/mol. The number of aryl methyl sites for hydroxylation is 2. The molecule has 1 heterocycles. The number of carbonyl (C=O) groups is 2. The largest absolute Gasteiger partial charge is 0.496 e. The van der Waals surface area contributed by atoms with Crippen molar-refractivity contribution in [1.29, 1.82) is 0 Å². The van der Waals surface area contributed by atoms with Gasteiger partial charge < -0.3 is 19.9 Å². The SMILES string of the molecule is COc1ccc(F)cc1C[NH+]1CC[NH+](CC(=O)NC(=O)Nc2ccc(C)cc2C)CC1. The standard InChI is InChI=1S/C23H29FN4O3/c1-16-4-6-20(17(2)12-16)25-23(30)26-22(29)15-28-10-8-27(9-11-28)14-18-13-19(24)5-7-21(18)31-3/h4-7,12-13H,8-11,14-15H2,1-3H3,(H2,25,26,29,30)/p+2. The molecule has 0 bridgehead atoms. The van der Waals surface area contributed by atoms with Gasteiger partial charge in [-0.3, -0.25) is 10.1 Å². The third kappa shape index (κ3) is 6.50. The Morgan fingerprint density at radius 3 is 2.42 bits per heavy atom. The van der Waals surface area contributed by atoms with E-state index >= 15 is 0 Å². The van der Waals surface area contributed by atoms with Crippen molar-refractivity contribution in [3.8, 4) is 5.75 Å². The maximum Gasteiger partial charge on any atom is 0.326 e. The highest BCUT2D eigenvalue weighted by molar-refractivity contribution is 6.01. The van der Waals surface area contributed by atoms with E-state index in [1.54, 1.807) is 13.2 Å². The average Bonchev–Trinajstić information content (AvgIpc) is 2.71. The third-order valence-corrected chi connectivity index (χ3v) is 5.64. The number of imide groups is 1. The monoisotopic (exact) mass is 430 g/mol. The number of benzene rings is 2. The summed E-state index contributed by atoms with van der Waals surface area (Å²) >= 11 is 0. The molecule has 8 heteroatoms. The van der Waals surface area contributed by atoms with Crippen molar-refractivity contribution in [3.63, 3.8) is 0 Å². The normalized spacial score (nSPS) is 18.3. The van der Waals surface area contributed by atoms with Crippen molar-refractivity contribution in [1.82, 2.24) is 5.32 Å². The summed E-state index contributed by atoms with van der Waals surface area (Å²) in [5.41, 5.74) is 3.59. The molecule has 1 saturated heterocycles. The van der Waals surface area contributed by atoms with Crippen molar-refractivity contribution in [2.45, 2.75) is 20.4 Å². The molecule has 166 valence electrons. The second-order valence-corrected chi connectivity index (χ2v) is 8.13. The summed E-state index contributed by atoms with van der Waals surface area (Å²) in [4.78, 5) is 26.9. The van der Waals surface area contributed by atoms with Gasteiger partial charge in [0.1, 0.15) is 44.3 Å². The van der Waals surface area contributed by atoms with Crippen LogP contribution in [0.4, 0.5) is 14.9 Å². The molecule has 7 nitrogen and oxygen atoms in total. The quantitative estimate of drug-likeness (QED) is 0.525. The molecule has 0 unspecified atom stereocenters. The van der Waals surface area contributed by atoms with Crippen molar-refractivity contribution in [2.75, 3.05) is 45.2 Å². The Labute approximate surface area is 182 Å². The molecule has 0 spiro atoms. The van der Waals surface area contributed by atoms with Gasteiger partial charge >= 0.3 is 6.03 Å². The van der Waals surface area contributed by atoms with Crippen LogP contribution in [0, 0.1) is 19.7 Å². The van der Waals surface area contributed by atoms with Gasteiger partial charge in [-0.05, 0) is 43.7 Å². The van der Waals surface area contributed by atoms with E-state index < -0.39 is 6.03 Å². The number of halogens is 1. The Kier molecular flexibility index (Phi) is 7.59. The first kappa shape index (κ1) is 22.7. The Balaban J connectivity index is 1.43. The van der Waals surface area contributed by atoms with Crippen LogP contribution in [0.2, 0.25) is 0 Å². The molecule has 2 aromatic carbocycles. The van der Waals surface area contributed by atoms with E-state index in [1.807, 2.05) is 32.0 Å². The average molecular weight is 431 g/mol. The molecule has 3 rings (SSSR count). The molecule has 2 aromatic rings. The number of rotatable bonds is 6. The maximum absolute atomic E-state index is 13.6. The van der Waals surface area contributed by atoms with Gasteiger partial charge in [-0.2, -0.15) is 0 Å². The molecule has 1 fully saturated rings. The highest BCUT2D eigenvalue weighted by Crippen LogP contribution is 2.18. The maximum atomic E-state index is 13.6. The van der Waals surface area contributed by atoms with E-state index in [1.165, 1.54) is 17.0 Å². The highest BCUT2D eigenvalue weighted by atomic mass is 19.1. The van der Waals surface area contributed by atoms with Crippen LogP contribution in [0.3, 0.4) is 0 Å². The van der Waals surface area contributed by atoms with Crippen molar-refractivity contribution >= 4 is 17.6 Å². The van der Waals surface area contributed by atoms with Crippen LogP contribution in [0.1, 0.15) is 16.7 Å². The molecule has 1 aliphatic heterocycles. The molecule has 0 aromatic heterocycles. The number of piperazine rings is 1. The number of carbonyl (C=O) groups excluding carboxylic acids is 2. The van der Waals surface area contributed by atoms with Crippen molar-refractivity contribution in [2.24, 2.45) is 0 Å². The summed E-state index contributed by atoms with van der Waals surface area (Å²) in [5.74, 6) is 0.126. The zero-order chi connectivity index (χ0) is 22.4. The van der Waals surface area contributed by atoms with E-state index in [9.17, 15) is 14.0 Å². The number of amides is 3. The van der Waals surface area contributed by atoms with Crippen LogP contribution < -0.4 is 25.2 Å². The van der Waals surface area contributed by atoms with Crippen molar-refractivity contribution in [3.05, 3.63) is 58.9 Å².